The van der Waals surface area contributed by atoms with Crippen molar-refractivity contribution in [1.29, 1.82) is 0 Å². The van der Waals surface area contributed by atoms with E-state index in [2.05, 4.69) is 28.9 Å². The molecule has 18 heavy (non-hydrogen) atoms. The zero-order chi connectivity index (χ0) is 13.0. The second-order valence-corrected chi connectivity index (χ2v) is 7.32. The molecule has 100 valence electrons. The van der Waals surface area contributed by atoms with Gasteiger partial charge in [0, 0.05) is 0 Å². The third kappa shape index (κ3) is 3.43. The van der Waals surface area contributed by atoms with Crippen molar-refractivity contribution in [3.63, 3.8) is 0 Å². The average Bonchev–Trinajstić information content (AvgIpc) is 2.39. The second kappa shape index (κ2) is 6.49. The number of hydrogen-bond acceptors (Lipinski definition) is 3. The van der Waals surface area contributed by atoms with Crippen LogP contribution in [0.15, 0.2) is 24.3 Å². The van der Waals surface area contributed by atoms with Gasteiger partial charge in [0.25, 0.3) is 0 Å². The number of hydrogen-bond donors (Lipinski definition) is 0. The van der Waals surface area contributed by atoms with Gasteiger partial charge < -0.3 is 0 Å². The molecule has 2 atom stereocenters. The normalized spacial score (nSPS) is 18.7. The number of piperazine rings is 1. The number of rotatable bonds is 4. The summed E-state index contributed by atoms with van der Waals surface area (Å²) in [7, 11) is 1.75. The van der Waals surface area contributed by atoms with E-state index in [-0.39, 0.29) is 0 Å². The van der Waals surface area contributed by atoms with E-state index < -0.39 is 0 Å². The number of para-hydroxylation sites is 2. The number of benzene rings is 1. The van der Waals surface area contributed by atoms with Crippen LogP contribution in [0.3, 0.4) is 0 Å². The van der Waals surface area contributed by atoms with Crippen LogP contribution >= 0.6 is 0 Å². The van der Waals surface area contributed by atoms with E-state index in [9.17, 15) is 0 Å². The van der Waals surface area contributed by atoms with Crippen molar-refractivity contribution in [2.24, 2.45) is 0 Å². The molecule has 1 fully saturated rings. The second-order valence-electron chi connectivity index (χ2n) is 4.94. The molecular formula is C14H23AsN2O. The maximum absolute atomic E-state index is 5.44. The van der Waals surface area contributed by atoms with Gasteiger partial charge >= 0.3 is 119 Å². The summed E-state index contributed by atoms with van der Waals surface area (Å²) >= 11 is 1.84. The molecule has 0 saturated carbocycles. The Balaban J connectivity index is 1.97. The Morgan fingerprint density at radius 3 is 2.50 bits per heavy atom. The molecule has 1 aromatic rings. The monoisotopic (exact) mass is 310 g/mol. The summed E-state index contributed by atoms with van der Waals surface area (Å²) in [5.41, 5.74) is 1.23. The molecule has 3 nitrogen and oxygen atoms in total. The molecule has 1 aromatic carbocycles. The summed E-state index contributed by atoms with van der Waals surface area (Å²) < 4.78 is 6.25. The summed E-state index contributed by atoms with van der Waals surface area (Å²) in [6.07, 6.45) is 0. The molecule has 1 heterocycles. The molecule has 0 amide bonds. The molecule has 1 aliphatic rings. The van der Waals surface area contributed by atoms with Crippen LogP contribution in [0.5, 0.6) is 5.75 Å². The summed E-state index contributed by atoms with van der Waals surface area (Å²) in [6, 6.07) is 8.30. The predicted molar refractivity (Wildman–Crippen MR) is 79.6 cm³/mol. The number of ether oxygens (including phenoxy) is 1. The Morgan fingerprint density at radius 1 is 1.22 bits per heavy atom. The van der Waals surface area contributed by atoms with Crippen molar-refractivity contribution in [3.05, 3.63) is 24.3 Å². The number of methoxy groups -OCH3 is 1. The van der Waals surface area contributed by atoms with E-state index in [1.165, 1.54) is 12.2 Å². The first-order chi connectivity index (χ1) is 8.70. The van der Waals surface area contributed by atoms with Gasteiger partial charge in [-0.3, -0.25) is 0 Å². The van der Waals surface area contributed by atoms with Gasteiger partial charge in [-0.05, 0) is 0 Å². The molecule has 0 aliphatic carbocycles. The molecule has 0 N–H and O–H groups in total. The summed E-state index contributed by atoms with van der Waals surface area (Å²) in [4.78, 5) is 5.00. The predicted octanol–water partition coefficient (Wildman–Crippen LogP) is 1.26. The van der Waals surface area contributed by atoms with Gasteiger partial charge in [0.1, 0.15) is 0 Å². The SMILES string of the molecule is COc1ccccc1N1CCN(C[C@@H](C)[AsH2])CC1. The molecule has 1 unspecified atom stereocenters. The van der Waals surface area contributed by atoms with Crippen LogP contribution in [0.4, 0.5) is 5.69 Å². The van der Waals surface area contributed by atoms with Crippen LogP contribution in [-0.4, -0.2) is 61.6 Å². The van der Waals surface area contributed by atoms with Crippen molar-refractivity contribution >= 4 is 22.5 Å². The zero-order valence-electron chi connectivity index (χ0n) is 11.3. The van der Waals surface area contributed by atoms with E-state index in [4.69, 9.17) is 4.74 Å². The first-order valence-corrected chi connectivity index (χ1v) is 7.96. The van der Waals surface area contributed by atoms with E-state index in [0.717, 1.165) is 36.6 Å². The van der Waals surface area contributed by atoms with Gasteiger partial charge in [0.2, 0.25) is 0 Å². The first-order valence-electron chi connectivity index (χ1n) is 6.56. The van der Waals surface area contributed by atoms with Gasteiger partial charge in [-0.25, -0.2) is 0 Å². The fourth-order valence-corrected chi connectivity index (χ4v) is 3.10. The van der Waals surface area contributed by atoms with Crippen LogP contribution in [0.25, 0.3) is 0 Å². The standard InChI is InChI=1S/C14H23AsN2O/c1-12(15)11-16-7-9-17(10-8-16)13-5-3-4-6-14(13)18-2/h3-6,12H,7-11,15H2,1-2H3/t12-/m1/s1. The van der Waals surface area contributed by atoms with Crippen molar-refractivity contribution in [1.82, 2.24) is 4.90 Å². The molecule has 1 saturated heterocycles. The summed E-state index contributed by atoms with van der Waals surface area (Å²) in [5, 5.41) is 0. The van der Waals surface area contributed by atoms with Gasteiger partial charge in [0.15, 0.2) is 0 Å². The fourth-order valence-electron chi connectivity index (χ4n) is 2.47. The van der Waals surface area contributed by atoms with Crippen LogP contribution in [0, 0.1) is 0 Å². The Bertz CT molecular complexity index is 376. The maximum atomic E-state index is 5.44. The van der Waals surface area contributed by atoms with Gasteiger partial charge in [-0.1, -0.05) is 0 Å². The minimum absolute atomic E-state index is 0.815. The molecule has 4 heteroatoms. The Morgan fingerprint density at radius 2 is 1.89 bits per heavy atom. The van der Waals surface area contributed by atoms with Gasteiger partial charge in [-0.2, -0.15) is 0 Å². The van der Waals surface area contributed by atoms with E-state index in [1.54, 1.807) is 7.11 Å². The zero-order valence-corrected chi connectivity index (χ0v) is 13.7. The van der Waals surface area contributed by atoms with Gasteiger partial charge in [0.05, 0.1) is 0 Å². The Labute approximate surface area is 119 Å². The van der Waals surface area contributed by atoms with Crippen molar-refractivity contribution in [2.45, 2.75) is 11.6 Å². The van der Waals surface area contributed by atoms with Crippen LogP contribution < -0.4 is 9.64 Å². The van der Waals surface area contributed by atoms with Crippen molar-refractivity contribution < 1.29 is 4.74 Å². The third-order valence-corrected chi connectivity index (χ3v) is 3.79. The van der Waals surface area contributed by atoms with Crippen molar-refractivity contribution in [2.75, 3.05) is 44.7 Å². The quantitative estimate of drug-likeness (QED) is 0.779. The molecule has 0 aromatic heterocycles. The van der Waals surface area contributed by atoms with Crippen LogP contribution in [0.2, 0.25) is 4.71 Å². The third-order valence-electron chi connectivity index (χ3n) is 3.34. The molecule has 0 spiro atoms. The fraction of sp³-hybridized carbons (Fsp3) is 0.571. The topological polar surface area (TPSA) is 15.7 Å². The molecule has 0 radical (unpaired) electrons. The molecule has 2 rings (SSSR count). The molecular weight excluding hydrogens is 287 g/mol. The van der Waals surface area contributed by atoms with Crippen LogP contribution in [0.1, 0.15) is 6.92 Å². The molecule has 1 aliphatic heterocycles. The minimum atomic E-state index is 0.815. The van der Waals surface area contributed by atoms with Crippen LogP contribution in [-0.2, 0) is 0 Å². The van der Waals surface area contributed by atoms with Crippen molar-refractivity contribution in [3.8, 4) is 5.75 Å². The summed E-state index contributed by atoms with van der Waals surface area (Å²) in [5.74, 6) is 0.984. The average molecular weight is 310 g/mol. The molecule has 0 bridgehead atoms. The van der Waals surface area contributed by atoms with E-state index >= 15 is 0 Å². The Kier molecular flexibility index (Phi) is 4.96. The van der Waals surface area contributed by atoms with E-state index in [1.807, 2.05) is 29.0 Å². The number of anilines is 1. The summed E-state index contributed by atoms with van der Waals surface area (Å²) in [6.45, 7) is 8.06. The Hall–Kier alpha value is -0.662. The van der Waals surface area contributed by atoms with E-state index in [0.29, 0.717) is 0 Å². The van der Waals surface area contributed by atoms with Gasteiger partial charge in [-0.15, -0.1) is 0 Å². The number of nitrogens with zero attached hydrogens (tertiary/aromatic N) is 2. The first kappa shape index (κ1) is 13.8.